The number of rotatable bonds is 5. The number of carboxylic acids is 1. The number of hydrogen-bond donors (Lipinski definition) is 1. The summed E-state index contributed by atoms with van der Waals surface area (Å²) in [6.07, 6.45) is 3.37. The van der Waals surface area contributed by atoms with Crippen molar-refractivity contribution >= 4 is 23.2 Å². The SMILES string of the molecule is C[C@H]1CCC(=O)N1CCCc1cc(C(=O)O)cs1. The third-order valence-electron chi connectivity index (χ3n) is 3.35. The molecule has 0 bridgehead atoms. The number of likely N-dealkylation sites (tertiary alicyclic amines) is 1. The predicted molar refractivity (Wildman–Crippen MR) is 70.0 cm³/mol. The van der Waals surface area contributed by atoms with Crippen LogP contribution in [-0.2, 0) is 11.2 Å². The summed E-state index contributed by atoms with van der Waals surface area (Å²) in [6, 6.07) is 2.08. The molecule has 98 valence electrons. The Hall–Kier alpha value is -1.36. The van der Waals surface area contributed by atoms with Gasteiger partial charge in [0.1, 0.15) is 0 Å². The highest BCUT2D eigenvalue weighted by Crippen LogP contribution is 2.20. The first-order valence-corrected chi connectivity index (χ1v) is 7.06. The molecule has 1 fully saturated rings. The molecule has 0 unspecified atom stereocenters. The summed E-state index contributed by atoms with van der Waals surface area (Å²) in [5.74, 6) is -0.624. The van der Waals surface area contributed by atoms with Crippen LogP contribution < -0.4 is 0 Å². The van der Waals surface area contributed by atoms with Crippen molar-refractivity contribution in [2.75, 3.05) is 6.54 Å². The third kappa shape index (κ3) is 2.90. The summed E-state index contributed by atoms with van der Waals surface area (Å²) >= 11 is 1.48. The standard InChI is InChI=1S/C13H17NO3S/c1-9-4-5-12(15)14(9)6-2-3-11-7-10(8-18-11)13(16)17/h7-9H,2-6H2,1H3,(H,16,17)/t9-/m0/s1. The summed E-state index contributed by atoms with van der Waals surface area (Å²) in [7, 11) is 0. The highest BCUT2D eigenvalue weighted by Gasteiger charge is 2.26. The second-order valence-corrected chi connectivity index (χ2v) is 5.68. The molecule has 0 radical (unpaired) electrons. The number of amides is 1. The lowest BCUT2D eigenvalue weighted by Crippen LogP contribution is -2.32. The quantitative estimate of drug-likeness (QED) is 0.891. The first-order chi connectivity index (χ1) is 8.58. The highest BCUT2D eigenvalue weighted by atomic mass is 32.1. The Balaban J connectivity index is 1.81. The van der Waals surface area contributed by atoms with E-state index in [-0.39, 0.29) is 5.91 Å². The number of thiophene rings is 1. The molecule has 4 nitrogen and oxygen atoms in total. The fraction of sp³-hybridized carbons (Fsp3) is 0.538. The van der Waals surface area contributed by atoms with Crippen LogP contribution in [0.2, 0.25) is 0 Å². The molecular weight excluding hydrogens is 250 g/mol. The minimum absolute atomic E-state index is 0.250. The molecule has 5 heteroatoms. The van der Waals surface area contributed by atoms with Crippen molar-refractivity contribution in [1.82, 2.24) is 4.90 Å². The van der Waals surface area contributed by atoms with Gasteiger partial charge in [0, 0.05) is 29.3 Å². The average Bonchev–Trinajstić information content (AvgIpc) is 2.90. The second kappa shape index (κ2) is 5.52. The van der Waals surface area contributed by atoms with E-state index in [1.54, 1.807) is 11.4 Å². The monoisotopic (exact) mass is 267 g/mol. The van der Waals surface area contributed by atoms with Crippen molar-refractivity contribution in [3.8, 4) is 0 Å². The van der Waals surface area contributed by atoms with Crippen LogP contribution >= 0.6 is 11.3 Å². The van der Waals surface area contributed by atoms with Crippen LogP contribution in [0.15, 0.2) is 11.4 Å². The van der Waals surface area contributed by atoms with E-state index in [2.05, 4.69) is 6.92 Å². The Kier molecular flexibility index (Phi) is 4.01. The van der Waals surface area contributed by atoms with Crippen molar-refractivity contribution in [3.05, 3.63) is 21.9 Å². The van der Waals surface area contributed by atoms with E-state index >= 15 is 0 Å². The smallest absolute Gasteiger partial charge is 0.336 e. The molecular formula is C13H17NO3S. The Morgan fingerprint density at radius 1 is 1.61 bits per heavy atom. The van der Waals surface area contributed by atoms with Gasteiger partial charge in [0.25, 0.3) is 0 Å². The highest BCUT2D eigenvalue weighted by molar-refractivity contribution is 7.10. The van der Waals surface area contributed by atoms with Gasteiger partial charge in [-0.15, -0.1) is 11.3 Å². The first kappa shape index (κ1) is 13.1. The van der Waals surface area contributed by atoms with Gasteiger partial charge < -0.3 is 10.0 Å². The van der Waals surface area contributed by atoms with Gasteiger partial charge in [-0.25, -0.2) is 4.79 Å². The number of aromatic carboxylic acids is 1. The van der Waals surface area contributed by atoms with Gasteiger partial charge >= 0.3 is 5.97 Å². The molecule has 1 aromatic rings. The van der Waals surface area contributed by atoms with Crippen LogP contribution in [0, 0.1) is 0 Å². The van der Waals surface area contributed by atoms with Crippen molar-refractivity contribution in [1.29, 1.82) is 0 Å². The lowest BCUT2D eigenvalue weighted by atomic mass is 10.2. The largest absolute Gasteiger partial charge is 0.478 e. The van der Waals surface area contributed by atoms with Crippen molar-refractivity contribution in [2.24, 2.45) is 0 Å². The number of hydrogen-bond acceptors (Lipinski definition) is 3. The van der Waals surface area contributed by atoms with E-state index in [1.165, 1.54) is 11.3 Å². The van der Waals surface area contributed by atoms with Crippen LogP contribution in [0.5, 0.6) is 0 Å². The predicted octanol–water partition coefficient (Wildman–Crippen LogP) is 2.39. The molecule has 1 N–H and O–H groups in total. The van der Waals surface area contributed by atoms with E-state index in [0.29, 0.717) is 18.0 Å². The van der Waals surface area contributed by atoms with Crippen LogP contribution in [0.4, 0.5) is 0 Å². The maximum atomic E-state index is 11.6. The maximum absolute atomic E-state index is 11.6. The van der Waals surface area contributed by atoms with Crippen molar-refractivity contribution in [2.45, 2.75) is 38.6 Å². The van der Waals surface area contributed by atoms with E-state index in [0.717, 1.165) is 30.7 Å². The minimum Gasteiger partial charge on any atom is -0.478 e. The zero-order chi connectivity index (χ0) is 13.1. The van der Waals surface area contributed by atoms with Crippen LogP contribution in [0.3, 0.4) is 0 Å². The maximum Gasteiger partial charge on any atom is 0.336 e. The molecule has 0 aromatic carbocycles. The summed E-state index contributed by atoms with van der Waals surface area (Å²) in [5.41, 5.74) is 0.362. The number of carboxylic acid groups (broad SMARTS) is 1. The normalized spacial score (nSPS) is 19.5. The van der Waals surface area contributed by atoms with Gasteiger partial charge in [-0.2, -0.15) is 0 Å². The Bertz CT molecular complexity index is 455. The van der Waals surface area contributed by atoms with Gasteiger partial charge in [-0.3, -0.25) is 4.79 Å². The molecule has 0 saturated carbocycles. The Morgan fingerprint density at radius 2 is 2.39 bits per heavy atom. The zero-order valence-electron chi connectivity index (χ0n) is 10.4. The average molecular weight is 267 g/mol. The van der Waals surface area contributed by atoms with Gasteiger partial charge in [0.05, 0.1) is 5.56 Å². The molecule has 18 heavy (non-hydrogen) atoms. The van der Waals surface area contributed by atoms with Crippen LogP contribution in [0.25, 0.3) is 0 Å². The molecule has 1 atom stereocenters. The molecule has 0 aliphatic carbocycles. The van der Waals surface area contributed by atoms with Crippen LogP contribution in [0.1, 0.15) is 41.4 Å². The Labute approximate surface area is 110 Å². The molecule has 2 heterocycles. The van der Waals surface area contributed by atoms with E-state index in [4.69, 9.17) is 5.11 Å². The Morgan fingerprint density at radius 3 is 2.94 bits per heavy atom. The van der Waals surface area contributed by atoms with Gasteiger partial charge in [-0.05, 0) is 32.3 Å². The lowest BCUT2D eigenvalue weighted by molar-refractivity contribution is -0.128. The van der Waals surface area contributed by atoms with Gasteiger partial charge in [0.15, 0.2) is 0 Å². The molecule has 2 rings (SSSR count). The van der Waals surface area contributed by atoms with E-state index < -0.39 is 5.97 Å². The topological polar surface area (TPSA) is 57.6 Å². The fourth-order valence-corrected chi connectivity index (χ4v) is 3.17. The number of carbonyl (C=O) groups is 2. The lowest BCUT2D eigenvalue weighted by Gasteiger charge is -2.21. The molecule has 0 spiro atoms. The molecule has 1 aliphatic heterocycles. The van der Waals surface area contributed by atoms with E-state index in [1.807, 2.05) is 4.90 Å². The minimum atomic E-state index is -0.874. The molecule has 1 aromatic heterocycles. The molecule has 1 amide bonds. The second-order valence-electron chi connectivity index (χ2n) is 4.69. The van der Waals surface area contributed by atoms with E-state index in [9.17, 15) is 9.59 Å². The number of carbonyl (C=O) groups excluding carboxylic acids is 1. The molecule has 1 aliphatic rings. The van der Waals surface area contributed by atoms with Crippen molar-refractivity contribution in [3.63, 3.8) is 0 Å². The summed E-state index contributed by atoms with van der Waals surface area (Å²) in [4.78, 5) is 25.3. The van der Waals surface area contributed by atoms with Crippen LogP contribution in [-0.4, -0.2) is 34.5 Å². The fourth-order valence-electron chi connectivity index (χ4n) is 2.27. The summed E-state index contributed by atoms with van der Waals surface area (Å²) in [5, 5.41) is 10.5. The van der Waals surface area contributed by atoms with Gasteiger partial charge in [-0.1, -0.05) is 0 Å². The third-order valence-corrected chi connectivity index (χ3v) is 4.35. The number of nitrogens with zero attached hydrogens (tertiary/aromatic N) is 1. The number of aryl methyl sites for hydroxylation is 1. The van der Waals surface area contributed by atoms with Gasteiger partial charge in [0.2, 0.25) is 5.91 Å². The van der Waals surface area contributed by atoms with Crippen molar-refractivity contribution < 1.29 is 14.7 Å². The zero-order valence-corrected chi connectivity index (χ0v) is 11.2. The molecule has 1 saturated heterocycles. The first-order valence-electron chi connectivity index (χ1n) is 6.18. The summed E-state index contributed by atoms with van der Waals surface area (Å²) in [6.45, 7) is 2.86. The summed E-state index contributed by atoms with van der Waals surface area (Å²) < 4.78 is 0.